The third-order valence-electron chi connectivity index (χ3n) is 2.91. The molecule has 2 aromatic heterocycles. The fourth-order valence-corrected chi connectivity index (χ4v) is 3.02. The van der Waals surface area contributed by atoms with E-state index in [0.717, 1.165) is 9.35 Å². The van der Waals surface area contributed by atoms with E-state index in [1.807, 2.05) is 11.4 Å². The van der Waals surface area contributed by atoms with E-state index in [-0.39, 0.29) is 0 Å². The second kappa shape index (κ2) is 4.77. The molecule has 1 atom stereocenters. The summed E-state index contributed by atoms with van der Waals surface area (Å²) in [6.07, 6.45) is 0.392. The van der Waals surface area contributed by atoms with Gasteiger partial charge in [0.05, 0.1) is 4.88 Å². The Morgan fingerprint density at radius 1 is 1.67 bits per heavy atom. The molecule has 0 aliphatic heterocycles. The Morgan fingerprint density at radius 3 is 2.89 bits per heavy atom. The van der Waals surface area contributed by atoms with E-state index in [1.165, 1.54) is 16.0 Å². The van der Waals surface area contributed by atoms with Gasteiger partial charge in [-0.05, 0) is 51.1 Å². The monoisotopic (exact) mass is 330 g/mol. The molecule has 6 nitrogen and oxygen atoms in total. The molecule has 0 spiro atoms. The highest BCUT2D eigenvalue weighted by Gasteiger charge is 2.37. The molecule has 0 aromatic carbocycles. The number of carboxylic acids is 1. The van der Waals surface area contributed by atoms with Crippen molar-refractivity contribution in [3.63, 3.8) is 0 Å². The summed E-state index contributed by atoms with van der Waals surface area (Å²) in [7, 11) is 0. The second-order valence-electron chi connectivity index (χ2n) is 3.94. The third kappa shape index (κ3) is 1.95. The van der Waals surface area contributed by atoms with Crippen molar-refractivity contribution in [1.29, 1.82) is 0 Å². The molecule has 8 heteroatoms. The van der Waals surface area contributed by atoms with Crippen LogP contribution in [0.2, 0.25) is 0 Å². The van der Waals surface area contributed by atoms with E-state index >= 15 is 0 Å². The standard InChI is InChI=1S/C10H11BrN4O2S/c1-3-10(2,9(16)17)15-8(12-13-14-15)7-6(11)4-5-18-7/h4-5H,3H2,1-2H3,(H,16,17). The minimum atomic E-state index is -1.15. The molecule has 0 saturated carbocycles. The van der Waals surface area contributed by atoms with Gasteiger partial charge < -0.3 is 5.11 Å². The lowest BCUT2D eigenvalue weighted by molar-refractivity contribution is -0.147. The van der Waals surface area contributed by atoms with Gasteiger partial charge in [0.2, 0.25) is 0 Å². The van der Waals surface area contributed by atoms with Gasteiger partial charge in [0.25, 0.3) is 0 Å². The van der Waals surface area contributed by atoms with E-state index in [1.54, 1.807) is 13.8 Å². The first-order chi connectivity index (χ1) is 8.50. The normalized spacial score (nSPS) is 14.4. The van der Waals surface area contributed by atoms with Crippen LogP contribution in [0.1, 0.15) is 20.3 Å². The van der Waals surface area contributed by atoms with Crippen LogP contribution in [0, 0.1) is 0 Å². The lowest BCUT2D eigenvalue weighted by Gasteiger charge is -2.23. The highest BCUT2D eigenvalue weighted by atomic mass is 79.9. The number of aromatic nitrogens is 4. The van der Waals surface area contributed by atoms with Crippen LogP contribution < -0.4 is 0 Å². The van der Waals surface area contributed by atoms with Crippen LogP contribution in [0.4, 0.5) is 0 Å². The van der Waals surface area contributed by atoms with Crippen molar-refractivity contribution in [2.45, 2.75) is 25.8 Å². The maximum absolute atomic E-state index is 11.4. The first-order valence-corrected chi connectivity index (χ1v) is 6.93. The minimum absolute atomic E-state index is 0.392. The summed E-state index contributed by atoms with van der Waals surface area (Å²) in [5.41, 5.74) is -1.15. The van der Waals surface area contributed by atoms with Crippen molar-refractivity contribution in [2.24, 2.45) is 0 Å². The molecule has 2 rings (SSSR count). The zero-order chi connectivity index (χ0) is 13.3. The number of nitrogens with zero attached hydrogens (tertiary/aromatic N) is 4. The molecule has 0 bridgehead atoms. The summed E-state index contributed by atoms with van der Waals surface area (Å²) in [5.74, 6) is -0.491. The highest BCUT2D eigenvalue weighted by Crippen LogP contribution is 2.34. The Bertz CT molecular complexity index is 582. The molecule has 0 fully saturated rings. The minimum Gasteiger partial charge on any atom is -0.479 e. The van der Waals surface area contributed by atoms with Crippen LogP contribution in [0.3, 0.4) is 0 Å². The van der Waals surface area contributed by atoms with Crippen molar-refractivity contribution in [1.82, 2.24) is 20.2 Å². The Morgan fingerprint density at radius 2 is 2.39 bits per heavy atom. The fraction of sp³-hybridized carbons (Fsp3) is 0.400. The highest BCUT2D eigenvalue weighted by molar-refractivity contribution is 9.10. The largest absolute Gasteiger partial charge is 0.479 e. The Kier molecular flexibility index (Phi) is 3.49. The zero-order valence-corrected chi connectivity index (χ0v) is 12.2. The predicted molar refractivity (Wildman–Crippen MR) is 70.4 cm³/mol. The number of halogens is 1. The molecule has 0 saturated heterocycles. The summed E-state index contributed by atoms with van der Waals surface area (Å²) in [5, 5.41) is 22.6. The van der Waals surface area contributed by atoms with Crippen molar-refractivity contribution in [3.8, 4) is 10.7 Å². The molecular weight excluding hydrogens is 320 g/mol. The lowest BCUT2D eigenvalue weighted by Crippen LogP contribution is -2.39. The Labute approximate surface area is 116 Å². The number of hydrogen-bond acceptors (Lipinski definition) is 5. The van der Waals surface area contributed by atoms with Crippen molar-refractivity contribution >= 4 is 33.2 Å². The van der Waals surface area contributed by atoms with Crippen molar-refractivity contribution < 1.29 is 9.90 Å². The first kappa shape index (κ1) is 13.2. The van der Waals surface area contributed by atoms with Gasteiger partial charge >= 0.3 is 5.97 Å². The molecule has 1 unspecified atom stereocenters. The molecule has 0 aliphatic carbocycles. The van der Waals surface area contributed by atoms with E-state index < -0.39 is 11.5 Å². The van der Waals surface area contributed by atoms with E-state index in [0.29, 0.717) is 12.2 Å². The van der Waals surface area contributed by atoms with Gasteiger partial charge in [0.1, 0.15) is 0 Å². The summed E-state index contributed by atoms with van der Waals surface area (Å²) in [6.45, 7) is 3.40. The molecule has 96 valence electrons. The molecule has 1 N–H and O–H groups in total. The average molecular weight is 331 g/mol. The van der Waals surface area contributed by atoms with Crippen LogP contribution >= 0.6 is 27.3 Å². The van der Waals surface area contributed by atoms with Gasteiger partial charge in [0.15, 0.2) is 11.4 Å². The molecule has 18 heavy (non-hydrogen) atoms. The van der Waals surface area contributed by atoms with Gasteiger partial charge in [-0.25, -0.2) is 9.48 Å². The predicted octanol–water partition coefficient (Wildman–Crippen LogP) is 2.37. The Balaban J connectivity index is 2.58. The van der Waals surface area contributed by atoms with Gasteiger partial charge in [-0.2, -0.15) is 0 Å². The van der Waals surface area contributed by atoms with Gasteiger partial charge in [-0.3, -0.25) is 0 Å². The molecule has 0 radical (unpaired) electrons. The summed E-state index contributed by atoms with van der Waals surface area (Å²) in [4.78, 5) is 12.3. The number of tetrazole rings is 1. The number of hydrogen-bond donors (Lipinski definition) is 1. The smallest absolute Gasteiger partial charge is 0.331 e. The number of thiophene rings is 1. The summed E-state index contributed by atoms with van der Waals surface area (Å²) >= 11 is 4.86. The quantitative estimate of drug-likeness (QED) is 0.930. The molecular formula is C10H11BrN4O2S. The zero-order valence-electron chi connectivity index (χ0n) is 9.79. The van der Waals surface area contributed by atoms with Crippen LogP contribution in [-0.4, -0.2) is 31.3 Å². The van der Waals surface area contributed by atoms with E-state index in [9.17, 15) is 9.90 Å². The van der Waals surface area contributed by atoms with Gasteiger partial charge in [-0.1, -0.05) is 6.92 Å². The van der Waals surface area contributed by atoms with E-state index in [4.69, 9.17) is 0 Å². The first-order valence-electron chi connectivity index (χ1n) is 5.26. The van der Waals surface area contributed by atoms with Crippen LogP contribution in [-0.2, 0) is 10.3 Å². The maximum Gasteiger partial charge on any atom is 0.331 e. The topological polar surface area (TPSA) is 80.9 Å². The van der Waals surface area contributed by atoms with Crippen LogP contribution in [0.5, 0.6) is 0 Å². The van der Waals surface area contributed by atoms with Gasteiger partial charge in [0, 0.05) is 4.47 Å². The summed E-state index contributed by atoms with van der Waals surface area (Å²) in [6, 6.07) is 1.88. The van der Waals surface area contributed by atoms with Gasteiger partial charge in [-0.15, -0.1) is 16.4 Å². The maximum atomic E-state index is 11.4. The third-order valence-corrected chi connectivity index (χ3v) is 4.74. The van der Waals surface area contributed by atoms with Crippen molar-refractivity contribution in [3.05, 3.63) is 15.9 Å². The fourth-order valence-electron chi connectivity index (χ4n) is 1.51. The second-order valence-corrected chi connectivity index (χ2v) is 5.71. The number of carbonyl (C=O) groups is 1. The number of rotatable bonds is 4. The molecule has 2 aromatic rings. The lowest BCUT2D eigenvalue weighted by atomic mass is 9.99. The van der Waals surface area contributed by atoms with Crippen molar-refractivity contribution in [2.75, 3.05) is 0 Å². The molecule has 0 aliphatic rings. The van der Waals surface area contributed by atoms with Crippen LogP contribution in [0.15, 0.2) is 15.9 Å². The number of carboxylic acid groups (broad SMARTS) is 1. The SMILES string of the molecule is CCC(C)(C(=O)O)n1nnnc1-c1sccc1Br. The molecule has 0 amide bonds. The number of aliphatic carboxylic acids is 1. The van der Waals surface area contributed by atoms with Crippen LogP contribution in [0.25, 0.3) is 10.7 Å². The average Bonchev–Trinajstić information content (AvgIpc) is 2.95. The summed E-state index contributed by atoms with van der Waals surface area (Å²) < 4.78 is 2.22. The Hall–Kier alpha value is -1.28. The molecule has 2 heterocycles. The van der Waals surface area contributed by atoms with E-state index in [2.05, 4.69) is 31.5 Å².